The zero-order valence-corrected chi connectivity index (χ0v) is 12.3. The maximum atomic E-state index is 4.86. The lowest BCUT2D eigenvalue weighted by Crippen LogP contribution is -2.01. The fourth-order valence-electron chi connectivity index (χ4n) is 2.40. The molecule has 2 aromatic rings. The Kier molecular flexibility index (Phi) is 3.02. The van der Waals surface area contributed by atoms with E-state index in [-0.39, 0.29) is 0 Å². The van der Waals surface area contributed by atoms with Crippen molar-refractivity contribution in [1.29, 1.82) is 0 Å². The SMILES string of the molecule is CCNc1cc(C2CC2)nc2c(C)cc(Br)cc12. The fourth-order valence-corrected chi connectivity index (χ4v) is 2.97. The molecule has 0 aliphatic heterocycles. The third-order valence-electron chi connectivity index (χ3n) is 3.45. The first kappa shape index (κ1) is 12.0. The second-order valence-corrected chi connectivity index (χ2v) is 5.93. The second-order valence-electron chi connectivity index (χ2n) is 5.02. The summed E-state index contributed by atoms with van der Waals surface area (Å²) in [5, 5.41) is 4.68. The Labute approximate surface area is 116 Å². The van der Waals surface area contributed by atoms with Gasteiger partial charge in [-0.2, -0.15) is 0 Å². The molecule has 1 aliphatic carbocycles. The number of pyridine rings is 1. The minimum Gasteiger partial charge on any atom is -0.385 e. The molecule has 0 bridgehead atoms. The number of rotatable bonds is 3. The third kappa shape index (κ3) is 2.12. The largest absolute Gasteiger partial charge is 0.385 e. The molecular weight excluding hydrogens is 288 g/mol. The van der Waals surface area contributed by atoms with Gasteiger partial charge in [-0.15, -0.1) is 0 Å². The first-order chi connectivity index (χ1) is 8.69. The predicted molar refractivity (Wildman–Crippen MR) is 80.3 cm³/mol. The summed E-state index contributed by atoms with van der Waals surface area (Å²) in [4.78, 5) is 4.86. The van der Waals surface area contributed by atoms with Crippen molar-refractivity contribution >= 4 is 32.5 Å². The minimum absolute atomic E-state index is 0.690. The summed E-state index contributed by atoms with van der Waals surface area (Å²) in [5.74, 6) is 0.690. The van der Waals surface area contributed by atoms with Crippen LogP contribution < -0.4 is 5.32 Å². The Morgan fingerprint density at radius 3 is 2.78 bits per heavy atom. The topological polar surface area (TPSA) is 24.9 Å². The van der Waals surface area contributed by atoms with Crippen molar-refractivity contribution in [3.8, 4) is 0 Å². The van der Waals surface area contributed by atoms with Gasteiger partial charge in [-0.3, -0.25) is 4.98 Å². The molecule has 18 heavy (non-hydrogen) atoms. The van der Waals surface area contributed by atoms with E-state index < -0.39 is 0 Å². The summed E-state index contributed by atoms with van der Waals surface area (Å²) in [7, 11) is 0. The zero-order valence-electron chi connectivity index (χ0n) is 10.8. The van der Waals surface area contributed by atoms with E-state index in [1.54, 1.807) is 0 Å². The summed E-state index contributed by atoms with van der Waals surface area (Å²) >= 11 is 3.57. The van der Waals surface area contributed by atoms with Crippen LogP contribution in [0, 0.1) is 6.92 Å². The monoisotopic (exact) mass is 304 g/mol. The van der Waals surface area contributed by atoms with Crippen molar-refractivity contribution in [2.75, 3.05) is 11.9 Å². The molecule has 1 N–H and O–H groups in total. The molecule has 0 atom stereocenters. The van der Waals surface area contributed by atoms with Crippen molar-refractivity contribution in [2.45, 2.75) is 32.6 Å². The first-order valence-electron chi connectivity index (χ1n) is 6.53. The molecule has 1 aliphatic rings. The van der Waals surface area contributed by atoms with Crippen molar-refractivity contribution < 1.29 is 0 Å². The van der Waals surface area contributed by atoms with Gasteiger partial charge < -0.3 is 5.32 Å². The van der Waals surface area contributed by atoms with Crippen LogP contribution in [-0.2, 0) is 0 Å². The molecule has 1 fully saturated rings. The number of aryl methyl sites for hydroxylation is 1. The Morgan fingerprint density at radius 1 is 1.33 bits per heavy atom. The molecule has 0 unspecified atom stereocenters. The highest BCUT2D eigenvalue weighted by Crippen LogP contribution is 2.41. The van der Waals surface area contributed by atoms with Gasteiger partial charge in [0.2, 0.25) is 0 Å². The predicted octanol–water partition coefficient (Wildman–Crippen LogP) is 4.61. The zero-order chi connectivity index (χ0) is 12.7. The highest BCUT2D eigenvalue weighted by atomic mass is 79.9. The number of nitrogens with one attached hydrogen (secondary N) is 1. The minimum atomic E-state index is 0.690. The molecule has 3 heteroatoms. The quantitative estimate of drug-likeness (QED) is 0.895. The van der Waals surface area contributed by atoms with Gasteiger partial charge in [-0.1, -0.05) is 15.9 Å². The summed E-state index contributed by atoms with van der Waals surface area (Å²) < 4.78 is 1.12. The lowest BCUT2D eigenvalue weighted by atomic mass is 10.1. The van der Waals surface area contributed by atoms with E-state index in [1.165, 1.54) is 35.2 Å². The van der Waals surface area contributed by atoms with Crippen molar-refractivity contribution in [3.63, 3.8) is 0 Å². The van der Waals surface area contributed by atoms with E-state index in [0.29, 0.717) is 5.92 Å². The number of benzene rings is 1. The second kappa shape index (κ2) is 4.54. The van der Waals surface area contributed by atoms with E-state index >= 15 is 0 Å². The van der Waals surface area contributed by atoms with E-state index in [9.17, 15) is 0 Å². The van der Waals surface area contributed by atoms with Crippen LogP contribution in [0.25, 0.3) is 10.9 Å². The highest BCUT2D eigenvalue weighted by molar-refractivity contribution is 9.10. The van der Waals surface area contributed by atoms with Crippen LogP contribution in [0.2, 0.25) is 0 Å². The maximum absolute atomic E-state index is 4.86. The molecule has 1 aromatic carbocycles. The average molecular weight is 305 g/mol. The van der Waals surface area contributed by atoms with E-state index in [0.717, 1.165) is 16.5 Å². The third-order valence-corrected chi connectivity index (χ3v) is 3.91. The number of hydrogen-bond donors (Lipinski definition) is 1. The van der Waals surface area contributed by atoms with Gasteiger partial charge >= 0.3 is 0 Å². The van der Waals surface area contributed by atoms with Crippen LogP contribution in [0.15, 0.2) is 22.7 Å². The standard InChI is InChI=1S/C15H17BrN2/c1-3-17-14-8-13(10-4-5-10)18-15-9(2)6-11(16)7-12(14)15/h6-8,10H,3-5H2,1-2H3,(H,17,18). The molecular formula is C15H17BrN2. The lowest BCUT2D eigenvalue weighted by Gasteiger charge is -2.12. The Morgan fingerprint density at radius 2 is 2.11 bits per heavy atom. The highest BCUT2D eigenvalue weighted by Gasteiger charge is 2.26. The van der Waals surface area contributed by atoms with Gasteiger partial charge in [-0.25, -0.2) is 0 Å². The number of hydrogen-bond acceptors (Lipinski definition) is 2. The number of halogens is 1. The Bertz CT molecular complexity index is 603. The van der Waals surface area contributed by atoms with Crippen molar-refractivity contribution in [1.82, 2.24) is 4.98 Å². The Balaban J connectivity index is 2.26. The van der Waals surface area contributed by atoms with Crippen molar-refractivity contribution in [3.05, 3.63) is 33.9 Å². The van der Waals surface area contributed by atoms with E-state index in [4.69, 9.17) is 4.98 Å². The fraction of sp³-hybridized carbons (Fsp3) is 0.400. The number of anilines is 1. The van der Waals surface area contributed by atoms with E-state index in [1.807, 2.05) is 0 Å². The molecule has 1 heterocycles. The molecule has 2 nitrogen and oxygen atoms in total. The molecule has 0 radical (unpaired) electrons. The number of fused-ring (bicyclic) bond motifs is 1. The van der Waals surface area contributed by atoms with Crippen LogP contribution in [0.5, 0.6) is 0 Å². The molecule has 1 saturated carbocycles. The molecule has 1 aromatic heterocycles. The summed E-state index contributed by atoms with van der Waals surface area (Å²) in [6.45, 7) is 5.20. The van der Waals surface area contributed by atoms with Crippen LogP contribution in [-0.4, -0.2) is 11.5 Å². The van der Waals surface area contributed by atoms with Crippen molar-refractivity contribution in [2.24, 2.45) is 0 Å². The molecule has 3 rings (SSSR count). The van der Waals surface area contributed by atoms with Gasteiger partial charge in [0.1, 0.15) is 0 Å². The average Bonchev–Trinajstić information content (AvgIpc) is 3.14. The number of aromatic nitrogens is 1. The van der Waals surface area contributed by atoms with Crippen LogP contribution in [0.3, 0.4) is 0 Å². The molecule has 0 amide bonds. The van der Waals surface area contributed by atoms with Gasteiger partial charge in [0.05, 0.1) is 5.52 Å². The first-order valence-corrected chi connectivity index (χ1v) is 7.33. The molecule has 0 spiro atoms. The molecule has 94 valence electrons. The van der Waals surface area contributed by atoms with Gasteiger partial charge in [0.15, 0.2) is 0 Å². The smallest absolute Gasteiger partial charge is 0.0756 e. The van der Waals surface area contributed by atoms with E-state index in [2.05, 4.69) is 53.3 Å². The van der Waals surface area contributed by atoms with Gasteiger partial charge in [0, 0.05) is 33.7 Å². The maximum Gasteiger partial charge on any atom is 0.0756 e. The lowest BCUT2D eigenvalue weighted by molar-refractivity contribution is 1.04. The normalized spacial score (nSPS) is 15.1. The number of nitrogens with zero attached hydrogens (tertiary/aromatic N) is 1. The summed E-state index contributed by atoms with van der Waals surface area (Å²) in [6, 6.07) is 6.53. The Hall–Kier alpha value is -1.09. The summed E-state index contributed by atoms with van der Waals surface area (Å²) in [6.07, 6.45) is 2.58. The molecule has 0 saturated heterocycles. The van der Waals surface area contributed by atoms with Crippen LogP contribution in [0.1, 0.15) is 36.9 Å². The van der Waals surface area contributed by atoms with Crippen LogP contribution >= 0.6 is 15.9 Å². The van der Waals surface area contributed by atoms with Crippen LogP contribution in [0.4, 0.5) is 5.69 Å². The van der Waals surface area contributed by atoms with Gasteiger partial charge in [0.25, 0.3) is 0 Å². The summed E-state index contributed by atoms with van der Waals surface area (Å²) in [5.41, 5.74) is 4.84. The van der Waals surface area contributed by atoms with Gasteiger partial charge in [-0.05, 0) is 50.5 Å².